The van der Waals surface area contributed by atoms with Crippen molar-refractivity contribution in [2.24, 2.45) is 0 Å². The van der Waals surface area contributed by atoms with Crippen molar-refractivity contribution in [3.05, 3.63) is 42.2 Å². The molecule has 2 aliphatic heterocycles. The fraction of sp³-hybridized carbons (Fsp3) is 0.353. The smallest absolute Gasteiger partial charge is 0.246 e. The summed E-state index contributed by atoms with van der Waals surface area (Å²) in [5, 5.41) is 8.25. The minimum absolute atomic E-state index is 0.0160. The fourth-order valence-electron chi connectivity index (χ4n) is 3.12. The van der Waals surface area contributed by atoms with Crippen molar-refractivity contribution < 1.29 is 14.3 Å². The van der Waals surface area contributed by atoms with Gasteiger partial charge < -0.3 is 14.4 Å². The maximum absolute atomic E-state index is 12.5. The molecule has 1 aromatic heterocycles. The molecule has 0 saturated carbocycles. The second kappa shape index (κ2) is 6.35. The lowest BCUT2D eigenvalue weighted by atomic mass is 10.2. The molecular weight excluding hydrogens is 308 g/mol. The highest BCUT2D eigenvalue weighted by atomic mass is 16.7. The topological polar surface area (TPSA) is 69.5 Å². The van der Waals surface area contributed by atoms with Gasteiger partial charge in [-0.15, -0.1) is 0 Å². The van der Waals surface area contributed by atoms with E-state index < -0.39 is 0 Å². The fourth-order valence-corrected chi connectivity index (χ4v) is 3.12. The SMILES string of the molecule is O=C(C=Cc1ccc2c(c1)OCO2)N1CCCC1Cn1nccn1. The highest BCUT2D eigenvalue weighted by Crippen LogP contribution is 2.32. The van der Waals surface area contributed by atoms with Gasteiger partial charge in [-0.3, -0.25) is 4.79 Å². The number of likely N-dealkylation sites (tertiary alicyclic amines) is 1. The predicted molar refractivity (Wildman–Crippen MR) is 86.4 cm³/mol. The van der Waals surface area contributed by atoms with Gasteiger partial charge in [0.2, 0.25) is 12.7 Å². The molecule has 1 unspecified atom stereocenters. The number of benzene rings is 1. The van der Waals surface area contributed by atoms with Gasteiger partial charge in [0.25, 0.3) is 0 Å². The van der Waals surface area contributed by atoms with Crippen molar-refractivity contribution in [3.63, 3.8) is 0 Å². The number of rotatable bonds is 4. The van der Waals surface area contributed by atoms with Gasteiger partial charge in [-0.2, -0.15) is 15.0 Å². The summed E-state index contributed by atoms with van der Waals surface area (Å²) in [6.07, 6.45) is 8.72. The predicted octanol–water partition coefficient (Wildman–Crippen LogP) is 1.71. The standard InChI is InChI=1S/C17H18N4O3/c22-17(6-4-13-3-5-15-16(10-13)24-12-23-15)20-9-1-2-14(20)11-21-18-7-8-19-21/h3-8,10,14H,1-2,9,11-12H2. The highest BCUT2D eigenvalue weighted by molar-refractivity contribution is 5.92. The molecule has 4 rings (SSSR count). The Kier molecular flexibility index (Phi) is 3.90. The summed E-state index contributed by atoms with van der Waals surface area (Å²) < 4.78 is 10.6. The molecule has 0 radical (unpaired) electrons. The molecular formula is C17H18N4O3. The molecule has 1 aromatic carbocycles. The zero-order chi connectivity index (χ0) is 16.4. The van der Waals surface area contributed by atoms with Gasteiger partial charge in [0.15, 0.2) is 11.5 Å². The van der Waals surface area contributed by atoms with E-state index in [1.165, 1.54) is 0 Å². The number of fused-ring (bicyclic) bond motifs is 1. The molecule has 7 nitrogen and oxygen atoms in total. The molecule has 24 heavy (non-hydrogen) atoms. The normalized spacial score (nSPS) is 19.3. The lowest BCUT2D eigenvalue weighted by Crippen LogP contribution is -2.37. The van der Waals surface area contributed by atoms with Crippen molar-refractivity contribution in [1.29, 1.82) is 0 Å². The van der Waals surface area contributed by atoms with Gasteiger partial charge in [0, 0.05) is 12.6 Å². The van der Waals surface area contributed by atoms with Crippen LogP contribution in [-0.2, 0) is 11.3 Å². The number of amides is 1. The molecule has 0 spiro atoms. The van der Waals surface area contributed by atoms with E-state index in [1.54, 1.807) is 23.3 Å². The second-order valence-electron chi connectivity index (χ2n) is 5.86. The van der Waals surface area contributed by atoms with Crippen LogP contribution in [0.2, 0.25) is 0 Å². The Morgan fingerprint density at radius 1 is 1.25 bits per heavy atom. The Morgan fingerprint density at radius 3 is 2.96 bits per heavy atom. The number of aromatic nitrogens is 3. The van der Waals surface area contributed by atoms with Gasteiger partial charge in [0.1, 0.15) is 0 Å². The summed E-state index contributed by atoms with van der Waals surface area (Å²) in [6.45, 7) is 1.66. The van der Waals surface area contributed by atoms with Crippen LogP contribution in [0, 0.1) is 0 Å². The van der Waals surface area contributed by atoms with Crippen LogP contribution in [0.25, 0.3) is 6.08 Å². The summed E-state index contributed by atoms with van der Waals surface area (Å²) in [6, 6.07) is 5.79. The first-order valence-corrected chi connectivity index (χ1v) is 8.02. The third-order valence-corrected chi connectivity index (χ3v) is 4.32. The van der Waals surface area contributed by atoms with Crippen LogP contribution in [0.3, 0.4) is 0 Å². The van der Waals surface area contributed by atoms with Crippen LogP contribution in [0.5, 0.6) is 11.5 Å². The molecule has 2 aliphatic rings. The van der Waals surface area contributed by atoms with Crippen molar-refractivity contribution in [1.82, 2.24) is 19.9 Å². The summed E-state index contributed by atoms with van der Waals surface area (Å²) in [7, 11) is 0. The molecule has 7 heteroatoms. The summed E-state index contributed by atoms with van der Waals surface area (Å²) >= 11 is 0. The number of carbonyl (C=O) groups is 1. The first-order valence-electron chi connectivity index (χ1n) is 8.02. The van der Waals surface area contributed by atoms with Crippen molar-refractivity contribution >= 4 is 12.0 Å². The minimum atomic E-state index is 0.0160. The number of nitrogens with zero attached hydrogens (tertiary/aromatic N) is 4. The monoisotopic (exact) mass is 326 g/mol. The number of carbonyl (C=O) groups excluding carboxylic acids is 1. The van der Waals surface area contributed by atoms with E-state index in [1.807, 2.05) is 29.2 Å². The Labute approximate surface area is 139 Å². The van der Waals surface area contributed by atoms with Gasteiger partial charge in [-0.25, -0.2) is 0 Å². The van der Waals surface area contributed by atoms with E-state index in [0.717, 1.165) is 30.7 Å². The molecule has 0 aliphatic carbocycles. The first-order chi connectivity index (χ1) is 11.8. The number of ether oxygens (including phenoxy) is 2. The molecule has 0 N–H and O–H groups in total. The maximum Gasteiger partial charge on any atom is 0.246 e. The Hall–Kier alpha value is -2.83. The van der Waals surface area contributed by atoms with E-state index in [4.69, 9.17) is 9.47 Å². The van der Waals surface area contributed by atoms with E-state index in [-0.39, 0.29) is 18.7 Å². The van der Waals surface area contributed by atoms with E-state index in [0.29, 0.717) is 12.3 Å². The third-order valence-electron chi connectivity index (χ3n) is 4.32. The Bertz CT molecular complexity index is 757. The Balaban J connectivity index is 1.43. The molecule has 2 aromatic rings. The van der Waals surface area contributed by atoms with Crippen molar-refractivity contribution in [2.45, 2.75) is 25.4 Å². The van der Waals surface area contributed by atoms with Gasteiger partial charge in [0.05, 0.1) is 25.0 Å². The lowest BCUT2D eigenvalue weighted by molar-refractivity contribution is -0.127. The largest absolute Gasteiger partial charge is 0.454 e. The van der Waals surface area contributed by atoms with Crippen LogP contribution in [-0.4, -0.2) is 45.2 Å². The number of hydrogen-bond donors (Lipinski definition) is 0. The minimum Gasteiger partial charge on any atom is -0.454 e. The molecule has 1 saturated heterocycles. The van der Waals surface area contributed by atoms with Crippen LogP contribution >= 0.6 is 0 Å². The lowest BCUT2D eigenvalue weighted by Gasteiger charge is -2.22. The van der Waals surface area contributed by atoms with Crippen molar-refractivity contribution in [2.75, 3.05) is 13.3 Å². The zero-order valence-electron chi connectivity index (χ0n) is 13.2. The zero-order valence-corrected chi connectivity index (χ0v) is 13.2. The Morgan fingerprint density at radius 2 is 2.08 bits per heavy atom. The van der Waals surface area contributed by atoms with E-state index in [2.05, 4.69) is 10.2 Å². The van der Waals surface area contributed by atoms with Gasteiger partial charge >= 0.3 is 0 Å². The summed E-state index contributed by atoms with van der Waals surface area (Å²) in [5.74, 6) is 1.47. The van der Waals surface area contributed by atoms with Crippen LogP contribution < -0.4 is 9.47 Å². The highest BCUT2D eigenvalue weighted by Gasteiger charge is 2.28. The average molecular weight is 326 g/mol. The summed E-state index contributed by atoms with van der Waals surface area (Å²) in [4.78, 5) is 16.1. The van der Waals surface area contributed by atoms with E-state index >= 15 is 0 Å². The quantitative estimate of drug-likeness (QED) is 0.800. The first kappa shape index (κ1) is 14.7. The molecule has 1 fully saturated rings. The molecule has 3 heterocycles. The van der Waals surface area contributed by atoms with Crippen LogP contribution in [0.15, 0.2) is 36.7 Å². The maximum atomic E-state index is 12.5. The van der Waals surface area contributed by atoms with Crippen LogP contribution in [0.4, 0.5) is 0 Å². The van der Waals surface area contributed by atoms with Gasteiger partial charge in [-0.05, 0) is 36.6 Å². The van der Waals surface area contributed by atoms with Gasteiger partial charge in [-0.1, -0.05) is 6.07 Å². The van der Waals surface area contributed by atoms with E-state index in [9.17, 15) is 4.79 Å². The molecule has 1 atom stereocenters. The molecule has 1 amide bonds. The third kappa shape index (κ3) is 2.97. The molecule has 0 bridgehead atoms. The van der Waals surface area contributed by atoms with Crippen LogP contribution in [0.1, 0.15) is 18.4 Å². The number of hydrogen-bond acceptors (Lipinski definition) is 5. The molecule has 124 valence electrons. The van der Waals surface area contributed by atoms with Crippen molar-refractivity contribution in [3.8, 4) is 11.5 Å². The summed E-state index contributed by atoms with van der Waals surface area (Å²) in [5.41, 5.74) is 0.914. The second-order valence-corrected chi connectivity index (χ2v) is 5.86. The average Bonchev–Trinajstić information content (AvgIpc) is 3.34.